The van der Waals surface area contributed by atoms with Gasteiger partial charge in [-0.25, -0.2) is 8.78 Å². The third kappa shape index (κ3) is 4.93. The predicted octanol–water partition coefficient (Wildman–Crippen LogP) is 3.61. The predicted molar refractivity (Wildman–Crippen MR) is 105 cm³/mol. The molecule has 1 amide bonds. The Hall–Kier alpha value is -3.62. The van der Waals surface area contributed by atoms with Gasteiger partial charge in [-0.1, -0.05) is 5.16 Å². The molecule has 1 aliphatic rings. The van der Waals surface area contributed by atoms with E-state index in [1.165, 1.54) is 48.5 Å². The highest BCUT2D eigenvalue weighted by molar-refractivity contribution is 5.94. The van der Waals surface area contributed by atoms with Gasteiger partial charge in [0.1, 0.15) is 11.6 Å². The molecule has 1 saturated heterocycles. The van der Waals surface area contributed by atoms with E-state index in [1.807, 2.05) is 0 Å². The number of carbonyl (C=O) groups excluding carboxylic acids is 2. The van der Waals surface area contributed by atoms with Gasteiger partial charge in [-0.2, -0.15) is 4.98 Å². The number of nitrogens with zero attached hydrogens (tertiary/aromatic N) is 3. The summed E-state index contributed by atoms with van der Waals surface area (Å²) in [6, 6.07) is 10.9. The Labute approximate surface area is 176 Å². The molecule has 0 aliphatic carbocycles. The second kappa shape index (κ2) is 9.03. The second-order valence-corrected chi connectivity index (χ2v) is 7.22. The minimum absolute atomic E-state index is 0.114. The van der Waals surface area contributed by atoms with E-state index >= 15 is 0 Å². The van der Waals surface area contributed by atoms with E-state index in [2.05, 4.69) is 10.1 Å². The van der Waals surface area contributed by atoms with Crippen LogP contribution in [0.5, 0.6) is 0 Å². The highest BCUT2D eigenvalue weighted by atomic mass is 19.1. The molecule has 0 radical (unpaired) electrons. The molecule has 1 unspecified atom stereocenters. The summed E-state index contributed by atoms with van der Waals surface area (Å²) in [4.78, 5) is 30.8. The first-order chi connectivity index (χ1) is 15.0. The number of esters is 1. The van der Waals surface area contributed by atoms with Crippen LogP contribution in [-0.2, 0) is 16.1 Å². The van der Waals surface area contributed by atoms with Gasteiger partial charge >= 0.3 is 5.97 Å². The number of likely N-dealkylation sites (tertiary alicyclic amines) is 1. The number of benzene rings is 2. The van der Waals surface area contributed by atoms with Crippen LogP contribution in [0.4, 0.5) is 8.78 Å². The lowest BCUT2D eigenvalue weighted by atomic mass is 9.97. The van der Waals surface area contributed by atoms with Gasteiger partial charge in [0.15, 0.2) is 6.61 Å². The van der Waals surface area contributed by atoms with E-state index in [9.17, 15) is 18.4 Å². The van der Waals surface area contributed by atoms with Crippen molar-refractivity contribution < 1.29 is 27.6 Å². The number of hydrogen-bond donors (Lipinski definition) is 0. The minimum Gasteiger partial charge on any atom is -0.455 e. The van der Waals surface area contributed by atoms with Crippen LogP contribution in [0.1, 0.15) is 29.1 Å². The Morgan fingerprint density at radius 1 is 1.06 bits per heavy atom. The monoisotopic (exact) mass is 427 g/mol. The first kappa shape index (κ1) is 20.6. The zero-order chi connectivity index (χ0) is 21.8. The molecule has 1 fully saturated rings. The van der Waals surface area contributed by atoms with Crippen LogP contribution >= 0.6 is 0 Å². The summed E-state index contributed by atoms with van der Waals surface area (Å²) in [7, 11) is 0. The topological polar surface area (TPSA) is 85.5 Å². The first-order valence-electron chi connectivity index (χ1n) is 9.79. The number of rotatable bonds is 5. The van der Waals surface area contributed by atoms with Gasteiger partial charge in [0.25, 0.3) is 11.8 Å². The van der Waals surface area contributed by atoms with Crippen LogP contribution in [0.3, 0.4) is 0 Å². The molecule has 0 spiro atoms. The summed E-state index contributed by atoms with van der Waals surface area (Å²) in [5.41, 5.74) is 0.944. The Kier molecular flexibility index (Phi) is 6.01. The Morgan fingerprint density at radius 2 is 1.74 bits per heavy atom. The fraction of sp³-hybridized carbons (Fsp3) is 0.273. The number of ether oxygens (including phenoxy) is 1. The van der Waals surface area contributed by atoms with E-state index in [1.54, 1.807) is 4.90 Å². The summed E-state index contributed by atoms with van der Waals surface area (Å²) in [5.74, 6) is -1.60. The van der Waals surface area contributed by atoms with Gasteiger partial charge in [0, 0.05) is 24.2 Å². The van der Waals surface area contributed by atoms with Crippen molar-refractivity contribution in [3.63, 3.8) is 0 Å². The molecule has 1 atom stereocenters. The molecule has 0 saturated carbocycles. The summed E-state index contributed by atoms with van der Waals surface area (Å²) in [5, 5.41) is 3.80. The lowest BCUT2D eigenvalue weighted by molar-refractivity contribution is -0.152. The standard InChI is InChI=1S/C22H19F2N3O4/c23-17-7-3-14(4-8-17)20-25-19(31-26-20)13-30-22(29)16-2-1-11-27(12-16)21(28)15-5-9-18(24)10-6-15/h3-10,16H,1-2,11-13H2. The van der Waals surface area contributed by atoms with Crippen molar-refractivity contribution in [1.82, 2.24) is 15.0 Å². The van der Waals surface area contributed by atoms with Crippen LogP contribution in [0.25, 0.3) is 11.4 Å². The molecule has 2 heterocycles. The second-order valence-electron chi connectivity index (χ2n) is 7.22. The van der Waals surface area contributed by atoms with Crippen LogP contribution in [0.15, 0.2) is 53.1 Å². The summed E-state index contributed by atoms with van der Waals surface area (Å²) in [6.07, 6.45) is 1.25. The maximum atomic E-state index is 13.1. The third-order valence-electron chi connectivity index (χ3n) is 5.04. The van der Waals surface area contributed by atoms with Crippen molar-refractivity contribution >= 4 is 11.9 Å². The molecule has 31 heavy (non-hydrogen) atoms. The van der Waals surface area contributed by atoms with Gasteiger partial charge in [-0.3, -0.25) is 9.59 Å². The highest BCUT2D eigenvalue weighted by Crippen LogP contribution is 2.21. The van der Waals surface area contributed by atoms with Crippen molar-refractivity contribution in [2.75, 3.05) is 13.1 Å². The normalized spacial score (nSPS) is 16.2. The van der Waals surface area contributed by atoms with Crippen molar-refractivity contribution in [2.45, 2.75) is 19.4 Å². The van der Waals surface area contributed by atoms with Gasteiger partial charge in [0.2, 0.25) is 5.82 Å². The Bertz CT molecular complexity index is 1070. The molecule has 0 N–H and O–H groups in total. The van der Waals surface area contributed by atoms with E-state index in [-0.39, 0.29) is 36.6 Å². The molecule has 4 rings (SSSR count). The molecule has 1 aliphatic heterocycles. The summed E-state index contributed by atoms with van der Waals surface area (Å²) >= 11 is 0. The fourth-order valence-electron chi connectivity index (χ4n) is 3.41. The Balaban J connectivity index is 1.33. The third-order valence-corrected chi connectivity index (χ3v) is 5.04. The number of carbonyl (C=O) groups is 2. The summed E-state index contributed by atoms with van der Waals surface area (Å²) in [6.45, 7) is 0.541. The minimum atomic E-state index is -0.474. The zero-order valence-electron chi connectivity index (χ0n) is 16.5. The molecule has 7 nitrogen and oxygen atoms in total. The Morgan fingerprint density at radius 3 is 2.45 bits per heavy atom. The van der Waals surface area contributed by atoms with Crippen molar-refractivity contribution in [1.29, 1.82) is 0 Å². The largest absolute Gasteiger partial charge is 0.455 e. The van der Waals surface area contributed by atoms with Crippen LogP contribution in [0.2, 0.25) is 0 Å². The molecule has 0 bridgehead atoms. The smallest absolute Gasteiger partial charge is 0.311 e. The lowest BCUT2D eigenvalue weighted by Gasteiger charge is -2.31. The van der Waals surface area contributed by atoms with Crippen LogP contribution < -0.4 is 0 Å². The lowest BCUT2D eigenvalue weighted by Crippen LogP contribution is -2.42. The molecule has 2 aromatic carbocycles. The molecular formula is C22H19F2N3O4. The van der Waals surface area contributed by atoms with E-state index in [4.69, 9.17) is 9.26 Å². The number of piperidine rings is 1. The van der Waals surface area contributed by atoms with E-state index in [0.29, 0.717) is 30.5 Å². The molecule has 9 heteroatoms. The molecule has 160 valence electrons. The number of halogens is 2. The SMILES string of the molecule is O=C(OCc1nc(-c2ccc(F)cc2)no1)C1CCCN(C(=O)c2ccc(F)cc2)C1. The average Bonchev–Trinajstić information content (AvgIpc) is 3.27. The highest BCUT2D eigenvalue weighted by Gasteiger charge is 2.30. The van der Waals surface area contributed by atoms with Gasteiger partial charge < -0.3 is 14.2 Å². The van der Waals surface area contributed by atoms with Crippen molar-refractivity contribution in [3.8, 4) is 11.4 Å². The average molecular weight is 427 g/mol. The van der Waals surface area contributed by atoms with Gasteiger partial charge in [0.05, 0.1) is 5.92 Å². The van der Waals surface area contributed by atoms with Crippen LogP contribution in [0, 0.1) is 17.6 Å². The van der Waals surface area contributed by atoms with E-state index < -0.39 is 17.7 Å². The number of amides is 1. The number of aromatic nitrogens is 2. The fourth-order valence-corrected chi connectivity index (χ4v) is 3.41. The number of hydrogen-bond acceptors (Lipinski definition) is 6. The molecule has 3 aromatic rings. The molecular weight excluding hydrogens is 408 g/mol. The van der Waals surface area contributed by atoms with Crippen LogP contribution in [-0.4, -0.2) is 40.0 Å². The first-order valence-corrected chi connectivity index (χ1v) is 9.79. The quantitative estimate of drug-likeness (QED) is 0.579. The van der Waals surface area contributed by atoms with E-state index in [0.717, 1.165) is 0 Å². The van der Waals surface area contributed by atoms with Gasteiger partial charge in [-0.15, -0.1) is 0 Å². The maximum Gasteiger partial charge on any atom is 0.311 e. The van der Waals surface area contributed by atoms with Crippen molar-refractivity contribution in [3.05, 3.63) is 71.6 Å². The molecule has 1 aromatic heterocycles. The van der Waals surface area contributed by atoms with Gasteiger partial charge in [-0.05, 0) is 61.4 Å². The summed E-state index contributed by atoms with van der Waals surface area (Å²) < 4.78 is 36.5. The van der Waals surface area contributed by atoms with Crippen molar-refractivity contribution in [2.24, 2.45) is 5.92 Å². The maximum absolute atomic E-state index is 13.1. The zero-order valence-corrected chi connectivity index (χ0v) is 16.5.